The Morgan fingerprint density at radius 2 is 2.03 bits per heavy atom. The highest BCUT2D eigenvalue weighted by Crippen LogP contribution is 2.37. The number of hydrogen-bond donors (Lipinski definition) is 1. The summed E-state index contributed by atoms with van der Waals surface area (Å²) < 4.78 is 45.6. The molecule has 0 bridgehead atoms. The number of phenols is 1. The molecule has 3 aromatic rings. The molecule has 0 saturated heterocycles. The van der Waals surface area contributed by atoms with Gasteiger partial charge in [-0.2, -0.15) is 13.2 Å². The van der Waals surface area contributed by atoms with Crippen molar-refractivity contribution in [3.05, 3.63) is 62.7 Å². The monoisotopic (exact) mass is 422 g/mol. The standard InChI is InChI=1S/C20H14ClF3N2O3/c1-29-16-8-10(7-14(21)17(16)27)6-11-4-5-26-18(11)25-15-9-12(20(22,23)24)2-3-13(15)19(26)28/h2-3,6-9,27H,4-5H2,1H3/b11-6+. The Morgan fingerprint density at radius 1 is 1.28 bits per heavy atom. The van der Waals surface area contributed by atoms with E-state index in [4.69, 9.17) is 16.3 Å². The van der Waals surface area contributed by atoms with Gasteiger partial charge >= 0.3 is 6.18 Å². The summed E-state index contributed by atoms with van der Waals surface area (Å²) in [6, 6.07) is 6.02. The van der Waals surface area contributed by atoms with E-state index < -0.39 is 11.7 Å². The van der Waals surface area contributed by atoms with Crippen molar-refractivity contribution in [2.75, 3.05) is 7.11 Å². The predicted molar refractivity (Wildman–Crippen MR) is 103 cm³/mol. The predicted octanol–water partition coefficient (Wildman–Crippen LogP) is 4.73. The van der Waals surface area contributed by atoms with Crippen LogP contribution in [-0.4, -0.2) is 21.8 Å². The van der Waals surface area contributed by atoms with Crippen molar-refractivity contribution in [1.82, 2.24) is 9.55 Å². The van der Waals surface area contributed by atoms with Crippen LogP contribution in [0.1, 0.15) is 23.4 Å². The van der Waals surface area contributed by atoms with Crippen LogP contribution in [0.3, 0.4) is 0 Å². The van der Waals surface area contributed by atoms with E-state index in [9.17, 15) is 23.1 Å². The second-order valence-electron chi connectivity index (χ2n) is 6.60. The van der Waals surface area contributed by atoms with Crippen LogP contribution < -0.4 is 10.3 Å². The Bertz CT molecular complexity index is 1230. The van der Waals surface area contributed by atoms with Crippen LogP contribution >= 0.6 is 11.6 Å². The lowest BCUT2D eigenvalue weighted by Crippen LogP contribution is -2.21. The van der Waals surface area contributed by atoms with Gasteiger partial charge < -0.3 is 9.84 Å². The van der Waals surface area contributed by atoms with Gasteiger partial charge in [-0.1, -0.05) is 11.6 Å². The topological polar surface area (TPSA) is 64.4 Å². The van der Waals surface area contributed by atoms with Gasteiger partial charge in [-0.25, -0.2) is 4.98 Å². The largest absolute Gasteiger partial charge is 0.503 e. The fraction of sp³-hybridized carbons (Fsp3) is 0.200. The van der Waals surface area contributed by atoms with E-state index in [-0.39, 0.29) is 33.0 Å². The number of methoxy groups -OCH3 is 1. The molecule has 0 spiro atoms. The van der Waals surface area contributed by atoms with Gasteiger partial charge in [0.1, 0.15) is 5.82 Å². The number of rotatable bonds is 2. The van der Waals surface area contributed by atoms with E-state index >= 15 is 0 Å². The lowest BCUT2D eigenvalue weighted by Gasteiger charge is -2.10. The molecule has 0 unspecified atom stereocenters. The highest BCUT2D eigenvalue weighted by molar-refractivity contribution is 6.32. The fourth-order valence-corrected chi connectivity index (χ4v) is 3.58. The number of aromatic nitrogens is 2. The molecule has 2 aromatic carbocycles. The van der Waals surface area contributed by atoms with E-state index in [2.05, 4.69) is 4.98 Å². The summed E-state index contributed by atoms with van der Waals surface area (Å²) >= 11 is 6.01. The molecule has 5 nitrogen and oxygen atoms in total. The molecule has 1 N–H and O–H groups in total. The average Bonchev–Trinajstić information content (AvgIpc) is 3.06. The van der Waals surface area contributed by atoms with Crippen molar-refractivity contribution in [3.63, 3.8) is 0 Å². The third kappa shape index (κ3) is 3.33. The maximum atomic E-state index is 13.0. The molecule has 0 radical (unpaired) electrons. The van der Waals surface area contributed by atoms with Crippen LogP contribution in [0.25, 0.3) is 22.6 Å². The lowest BCUT2D eigenvalue weighted by molar-refractivity contribution is -0.137. The summed E-state index contributed by atoms with van der Waals surface area (Å²) in [6.45, 7) is 0.368. The summed E-state index contributed by atoms with van der Waals surface area (Å²) in [5.41, 5.74) is 0.0192. The van der Waals surface area contributed by atoms with Crippen molar-refractivity contribution in [1.29, 1.82) is 0 Å². The number of halogens is 4. The van der Waals surface area contributed by atoms with Gasteiger partial charge in [-0.15, -0.1) is 0 Å². The molecule has 150 valence electrons. The first-order valence-corrected chi connectivity index (χ1v) is 8.96. The van der Waals surface area contributed by atoms with Crippen LogP contribution in [-0.2, 0) is 12.7 Å². The second kappa shape index (κ2) is 6.81. The SMILES string of the molecule is COc1cc(/C=C2\CCn3c2nc2cc(C(F)(F)F)ccc2c3=O)cc(Cl)c1O. The zero-order valence-electron chi connectivity index (χ0n) is 15.0. The Morgan fingerprint density at radius 3 is 2.72 bits per heavy atom. The maximum absolute atomic E-state index is 13.0. The van der Waals surface area contributed by atoms with Gasteiger partial charge in [-0.3, -0.25) is 9.36 Å². The van der Waals surface area contributed by atoms with Crippen molar-refractivity contribution < 1.29 is 23.0 Å². The number of allylic oxidation sites excluding steroid dienone is 1. The smallest absolute Gasteiger partial charge is 0.416 e. The van der Waals surface area contributed by atoms with Gasteiger partial charge in [0.05, 0.1) is 28.6 Å². The summed E-state index contributed by atoms with van der Waals surface area (Å²) in [6.07, 6.45) is -2.33. The third-order valence-corrected chi connectivity index (χ3v) is 5.07. The third-order valence-electron chi connectivity index (χ3n) is 4.79. The first-order chi connectivity index (χ1) is 13.7. The van der Waals surface area contributed by atoms with Crippen molar-refractivity contribution >= 4 is 34.2 Å². The molecule has 29 heavy (non-hydrogen) atoms. The van der Waals surface area contributed by atoms with Gasteiger partial charge in [0, 0.05) is 6.54 Å². The van der Waals surface area contributed by atoms with E-state index in [1.165, 1.54) is 17.7 Å². The number of alkyl halides is 3. The molecular formula is C20H14ClF3N2O3. The minimum atomic E-state index is -4.52. The van der Waals surface area contributed by atoms with E-state index in [1.807, 2.05) is 0 Å². The number of nitrogens with zero attached hydrogens (tertiary/aromatic N) is 2. The number of ether oxygens (including phenoxy) is 1. The van der Waals surface area contributed by atoms with Crippen molar-refractivity contribution in [3.8, 4) is 11.5 Å². The van der Waals surface area contributed by atoms with Crippen molar-refractivity contribution in [2.24, 2.45) is 0 Å². The zero-order chi connectivity index (χ0) is 20.9. The average molecular weight is 423 g/mol. The Labute approximate surface area is 167 Å². The summed E-state index contributed by atoms with van der Waals surface area (Å²) in [4.78, 5) is 17.1. The highest BCUT2D eigenvalue weighted by Gasteiger charge is 2.31. The van der Waals surface area contributed by atoms with Gasteiger partial charge in [-0.05, 0) is 54.0 Å². The molecule has 0 fully saturated rings. The first-order valence-electron chi connectivity index (χ1n) is 8.58. The molecule has 2 heterocycles. The maximum Gasteiger partial charge on any atom is 0.416 e. The first kappa shape index (κ1) is 19.3. The Hall–Kier alpha value is -3.00. The Balaban J connectivity index is 1.87. The number of fused-ring (bicyclic) bond motifs is 2. The second-order valence-corrected chi connectivity index (χ2v) is 7.00. The molecule has 1 aliphatic rings. The summed E-state index contributed by atoms with van der Waals surface area (Å²) in [5, 5.41) is 10.1. The molecular weight excluding hydrogens is 409 g/mol. The van der Waals surface area contributed by atoms with Crippen LogP contribution in [0.4, 0.5) is 13.2 Å². The molecule has 1 aliphatic heterocycles. The van der Waals surface area contributed by atoms with Gasteiger partial charge in [0.25, 0.3) is 5.56 Å². The summed E-state index contributed by atoms with van der Waals surface area (Å²) in [7, 11) is 1.39. The van der Waals surface area contributed by atoms with Crippen LogP contribution in [0.5, 0.6) is 11.5 Å². The van der Waals surface area contributed by atoms with E-state index in [0.717, 1.165) is 18.2 Å². The van der Waals surface area contributed by atoms with E-state index in [1.54, 1.807) is 12.1 Å². The highest BCUT2D eigenvalue weighted by atomic mass is 35.5. The van der Waals surface area contributed by atoms with Gasteiger partial charge in [0.2, 0.25) is 0 Å². The molecule has 0 saturated carbocycles. The minimum absolute atomic E-state index is 0.00908. The molecule has 0 aliphatic carbocycles. The normalized spacial score (nSPS) is 15.1. The fourth-order valence-electron chi connectivity index (χ4n) is 3.36. The molecule has 4 rings (SSSR count). The molecule has 0 amide bonds. The van der Waals surface area contributed by atoms with Gasteiger partial charge in [0.15, 0.2) is 11.5 Å². The number of phenolic OH excluding ortho intramolecular Hbond substituents is 1. The van der Waals surface area contributed by atoms with Crippen LogP contribution in [0, 0.1) is 0 Å². The molecule has 0 atom stereocenters. The summed E-state index contributed by atoms with van der Waals surface area (Å²) in [5.74, 6) is 0.300. The molecule has 1 aromatic heterocycles. The molecule has 9 heteroatoms. The number of benzene rings is 2. The minimum Gasteiger partial charge on any atom is -0.503 e. The lowest BCUT2D eigenvalue weighted by atomic mass is 10.1. The zero-order valence-corrected chi connectivity index (χ0v) is 15.8. The van der Waals surface area contributed by atoms with Crippen LogP contribution in [0.15, 0.2) is 35.1 Å². The van der Waals surface area contributed by atoms with Crippen LogP contribution in [0.2, 0.25) is 5.02 Å². The Kier molecular flexibility index (Phi) is 4.53. The number of aromatic hydroxyl groups is 1. The van der Waals surface area contributed by atoms with E-state index in [0.29, 0.717) is 29.9 Å². The quantitative estimate of drug-likeness (QED) is 0.648. The number of hydrogen-bond acceptors (Lipinski definition) is 4. The van der Waals surface area contributed by atoms with Crippen molar-refractivity contribution in [2.45, 2.75) is 19.1 Å².